The van der Waals surface area contributed by atoms with Gasteiger partial charge >= 0.3 is 6.18 Å². The van der Waals surface area contributed by atoms with Crippen LogP contribution in [0, 0.1) is 11.8 Å². The van der Waals surface area contributed by atoms with Gasteiger partial charge in [-0.1, -0.05) is 56.2 Å². The smallest absolute Gasteiger partial charge is 0.322 e. The number of carbonyl (C=O) groups excluding carboxylic acids is 2. The zero-order valence-corrected chi connectivity index (χ0v) is 24.1. The van der Waals surface area contributed by atoms with Crippen LogP contribution in [0.3, 0.4) is 0 Å². The number of amides is 2. The van der Waals surface area contributed by atoms with Crippen LogP contribution >= 0.6 is 11.6 Å². The maximum Gasteiger partial charge on any atom is 0.417 e. The Hall–Kier alpha value is -3.68. The summed E-state index contributed by atoms with van der Waals surface area (Å²) >= 11 is 5.64. The third-order valence-corrected chi connectivity index (χ3v) is 8.56. The minimum atomic E-state index is -4.70. The van der Waals surface area contributed by atoms with Crippen molar-refractivity contribution in [3.63, 3.8) is 0 Å². The molecule has 1 heterocycles. The van der Waals surface area contributed by atoms with Crippen molar-refractivity contribution >= 4 is 38.8 Å². The van der Waals surface area contributed by atoms with Crippen molar-refractivity contribution in [1.82, 2.24) is 4.98 Å². The lowest BCUT2D eigenvalue weighted by molar-refractivity contribution is -0.137. The molecular weight excluding hydrogens is 575 g/mol. The number of benzene rings is 2. The van der Waals surface area contributed by atoms with Crippen LogP contribution in [0.15, 0.2) is 65.3 Å². The van der Waals surface area contributed by atoms with Crippen molar-refractivity contribution in [1.29, 1.82) is 0 Å². The second-order valence-electron chi connectivity index (χ2n) is 9.22. The largest absolute Gasteiger partial charge is 0.417 e. The summed E-state index contributed by atoms with van der Waals surface area (Å²) in [6, 6.07) is 10.9. The number of nitrogens with one attached hydrogen (secondary N) is 1. The molecule has 0 unspecified atom stereocenters. The topological polar surface area (TPSA) is 88.5 Å². The van der Waals surface area contributed by atoms with Gasteiger partial charge in [-0.15, -0.1) is 0 Å². The Labute approximate surface area is 242 Å². The highest BCUT2D eigenvalue weighted by atomic mass is 35.5. The van der Waals surface area contributed by atoms with Gasteiger partial charge in [0.05, 0.1) is 25.9 Å². The van der Waals surface area contributed by atoms with Crippen LogP contribution in [0.2, 0.25) is 5.02 Å². The fourth-order valence-electron chi connectivity index (χ4n) is 3.67. The Morgan fingerprint density at radius 2 is 1.63 bits per heavy atom. The Morgan fingerprint density at radius 3 is 2.29 bits per heavy atom. The van der Waals surface area contributed by atoms with E-state index in [1.165, 1.54) is 24.5 Å². The van der Waals surface area contributed by atoms with Crippen molar-refractivity contribution in [2.24, 2.45) is 4.36 Å². The molecule has 0 saturated carbocycles. The predicted octanol–water partition coefficient (Wildman–Crippen LogP) is 7.61. The molecule has 216 valence electrons. The maximum atomic E-state index is 13.2. The first-order valence-electron chi connectivity index (χ1n) is 13.0. The van der Waals surface area contributed by atoms with Crippen LogP contribution in [0.4, 0.5) is 18.9 Å². The van der Waals surface area contributed by atoms with E-state index in [-0.39, 0.29) is 11.1 Å². The molecule has 2 aromatic carbocycles. The van der Waals surface area contributed by atoms with Gasteiger partial charge in [0.1, 0.15) is 0 Å². The Balaban J connectivity index is 1.78. The molecule has 0 aliphatic carbocycles. The highest BCUT2D eigenvalue weighted by molar-refractivity contribution is 7.93. The van der Waals surface area contributed by atoms with Crippen LogP contribution in [0.5, 0.6) is 0 Å². The molecule has 1 N–H and O–H groups in total. The zero-order chi connectivity index (χ0) is 30.0. The lowest BCUT2D eigenvalue weighted by atomic mass is 10.1. The molecule has 0 radical (unpaired) electrons. The second kappa shape index (κ2) is 14.3. The fourth-order valence-corrected chi connectivity index (χ4v) is 6.17. The summed E-state index contributed by atoms with van der Waals surface area (Å²) in [6.07, 6.45) is 1.27. The minimum absolute atomic E-state index is 0.180. The predicted molar refractivity (Wildman–Crippen MR) is 156 cm³/mol. The summed E-state index contributed by atoms with van der Waals surface area (Å²) in [6.45, 7) is 3.98. The molecule has 1 aromatic heterocycles. The monoisotopic (exact) mass is 603 g/mol. The number of carbonyl (C=O) groups is 2. The first-order valence-corrected chi connectivity index (χ1v) is 15.2. The average Bonchev–Trinajstić information content (AvgIpc) is 2.94. The highest BCUT2D eigenvalue weighted by Gasteiger charge is 2.33. The molecule has 0 aliphatic heterocycles. The van der Waals surface area contributed by atoms with E-state index in [0.29, 0.717) is 34.4 Å². The summed E-state index contributed by atoms with van der Waals surface area (Å²) in [5.74, 6) is 5.22. The Bertz CT molecular complexity index is 1590. The minimum Gasteiger partial charge on any atom is -0.322 e. The third kappa shape index (κ3) is 9.44. The molecular formula is C30H29ClF3N3O3S. The van der Waals surface area contributed by atoms with Crippen molar-refractivity contribution in [2.75, 3.05) is 16.8 Å². The van der Waals surface area contributed by atoms with Crippen LogP contribution in [-0.4, -0.2) is 32.5 Å². The number of unbranched alkanes of at least 4 members (excludes halogenated alkanes) is 2. The normalized spacial score (nSPS) is 11.4. The number of hydrogen-bond acceptors (Lipinski definition) is 4. The van der Waals surface area contributed by atoms with Crippen LogP contribution < -0.4 is 5.32 Å². The molecule has 0 spiro atoms. The molecule has 0 saturated heterocycles. The Kier molecular flexibility index (Phi) is 11.1. The lowest BCUT2D eigenvalue weighted by Crippen LogP contribution is -2.14. The summed E-state index contributed by atoms with van der Waals surface area (Å²) in [4.78, 5) is 29.5. The quantitative estimate of drug-likeness (QED) is 0.255. The van der Waals surface area contributed by atoms with Crippen LogP contribution in [0.1, 0.15) is 76.9 Å². The molecule has 3 rings (SSSR count). The van der Waals surface area contributed by atoms with Crippen molar-refractivity contribution in [3.8, 4) is 11.8 Å². The molecule has 6 nitrogen and oxygen atoms in total. The number of aromatic nitrogens is 1. The van der Waals surface area contributed by atoms with Crippen LogP contribution in [-0.2, 0) is 15.9 Å². The summed E-state index contributed by atoms with van der Waals surface area (Å²) < 4.78 is 56.8. The molecule has 3 aromatic rings. The summed E-state index contributed by atoms with van der Waals surface area (Å²) in [7, 11) is -2.66. The van der Waals surface area contributed by atoms with Crippen LogP contribution in [0.25, 0.3) is 0 Å². The number of alkyl halides is 3. The van der Waals surface area contributed by atoms with Gasteiger partial charge in [-0.2, -0.15) is 17.5 Å². The van der Waals surface area contributed by atoms with Gasteiger partial charge in [-0.25, -0.2) is 4.21 Å². The molecule has 2 amide bonds. The lowest BCUT2D eigenvalue weighted by Gasteiger charge is -2.11. The van der Waals surface area contributed by atoms with Gasteiger partial charge in [0.2, 0.25) is 0 Å². The number of hydrogen-bond donors (Lipinski definition) is 1. The van der Waals surface area contributed by atoms with E-state index < -0.39 is 38.3 Å². The average molecular weight is 604 g/mol. The third-order valence-electron chi connectivity index (χ3n) is 5.87. The fraction of sp³-hybridized carbons (Fsp3) is 0.300. The Morgan fingerprint density at radius 1 is 0.951 bits per heavy atom. The van der Waals surface area contributed by atoms with E-state index in [2.05, 4.69) is 26.5 Å². The van der Waals surface area contributed by atoms with Gasteiger partial charge in [-0.05, 0) is 55.3 Å². The number of rotatable bonds is 9. The van der Waals surface area contributed by atoms with Crippen molar-refractivity contribution in [2.45, 2.75) is 45.7 Å². The van der Waals surface area contributed by atoms with E-state index in [1.807, 2.05) is 13.8 Å². The van der Waals surface area contributed by atoms with Gasteiger partial charge in [-0.3, -0.25) is 14.6 Å². The van der Waals surface area contributed by atoms with E-state index in [1.54, 1.807) is 24.3 Å². The van der Waals surface area contributed by atoms with E-state index in [9.17, 15) is 27.0 Å². The first-order chi connectivity index (χ1) is 19.4. The number of anilines is 1. The van der Waals surface area contributed by atoms with Gasteiger partial charge < -0.3 is 5.32 Å². The number of pyridine rings is 1. The number of nitrogens with zero attached hydrogens (tertiary/aromatic N) is 2. The molecule has 0 bridgehead atoms. The second-order valence-corrected chi connectivity index (χ2v) is 12.2. The first kappa shape index (κ1) is 31.8. The molecule has 11 heteroatoms. The maximum absolute atomic E-state index is 13.2. The van der Waals surface area contributed by atoms with Crippen molar-refractivity contribution in [3.05, 3.63) is 93.8 Å². The molecule has 41 heavy (non-hydrogen) atoms. The summed E-state index contributed by atoms with van der Waals surface area (Å²) in [5, 5.41) is 2.06. The molecule has 0 fully saturated rings. The SMILES string of the molecule is CCCCS(=O)(CCCC)=NC(=O)c1cncc(C#Cc2cccc(NC(=O)c3ccc(Cl)c(C(F)(F)F)c3)c2)c1. The molecule has 0 atom stereocenters. The van der Waals surface area contributed by atoms with E-state index in [4.69, 9.17) is 11.6 Å². The standard InChI is InChI=1S/C30H29ClF3N3O3S/c1-3-5-14-41(40,15-6-4-2)37-29(39)24-16-22(19-35-20-24)11-10-21-8-7-9-25(17-21)36-28(38)23-12-13-27(31)26(18-23)30(32,33)34/h7-9,12-13,16-20H,3-6,14-15H2,1-2H3,(H,36,38). The van der Waals surface area contributed by atoms with E-state index >= 15 is 0 Å². The van der Waals surface area contributed by atoms with Gasteiger partial charge in [0, 0.05) is 46.3 Å². The van der Waals surface area contributed by atoms with Crippen molar-refractivity contribution < 1.29 is 27.0 Å². The van der Waals surface area contributed by atoms with Gasteiger partial charge in [0.15, 0.2) is 0 Å². The number of halogens is 4. The molecule has 0 aliphatic rings. The summed E-state index contributed by atoms with van der Waals surface area (Å²) in [5.41, 5.74) is 0.121. The highest BCUT2D eigenvalue weighted by Crippen LogP contribution is 2.35. The van der Waals surface area contributed by atoms with E-state index in [0.717, 1.165) is 31.7 Å². The van der Waals surface area contributed by atoms with Gasteiger partial charge in [0.25, 0.3) is 11.8 Å². The zero-order valence-electron chi connectivity index (χ0n) is 22.6.